The second-order valence-corrected chi connectivity index (χ2v) is 5.87. The first-order valence-electron chi connectivity index (χ1n) is 7.15. The minimum atomic E-state index is 0.348. The fourth-order valence-electron chi connectivity index (χ4n) is 2.42. The van der Waals surface area contributed by atoms with Crippen molar-refractivity contribution in [1.29, 1.82) is 0 Å². The van der Waals surface area contributed by atoms with Crippen molar-refractivity contribution in [2.24, 2.45) is 5.92 Å². The normalized spacial score (nSPS) is 21.0. The molecule has 1 atom stereocenters. The van der Waals surface area contributed by atoms with E-state index in [-0.39, 0.29) is 0 Å². The maximum Gasteiger partial charge on any atom is 0.0596 e. The van der Waals surface area contributed by atoms with Crippen LogP contribution < -0.4 is 5.32 Å². The second kappa shape index (κ2) is 8.06. The average molecular weight is 242 g/mol. The molecule has 0 spiro atoms. The maximum atomic E-state index is 5.66. The Morgan fingerprint density at radius 2 is 2.06 bits per heavy atom. The zero-order chi connectivity index (χ0) is 12.7. The fraction of sp³-hybridized carbons (Fsp3) is 1.00. The molecule has 3 nitrogen and oxygen atoms in total. The van der Waals surface area contributed by atoms with E-state index in [1.54, 1.807) is 0 Å². The molecule has 0 saturated carbocycles. The smallest absolute Gasteiger partial charge is 0.0596 e. The number of hydrogen-bond acceptors (Lipinski definition) is 3. The first kappa shape index (κ1) is 14.9. The molecule has 1 rings (SSSR count). The second-order valence-electron chi connectivity index (χ2n) is 5.87. The summed E-state index contributed by atoms with van der Waals surface area (Å²) in [7, 11) is 0. The van der Waals surface area contributed by atoms with Crippen LogP contribution in [0.15, 0.2) is 0 Å². The van der Waals surface area contributed by atoms with Crippen molar-refractivity contribution in [2.75, 3.05) is 32.8 Å². The Bertz CT molecular complexity index is 189. The first-order valence-corrected chi connectivity index (χ1v) is 7.15. The van der Waals surface area contributed by atoms with E-state index >= 15 is 0 Å². The molecule has 17 heavy (non-hydrogen) atoms. The quantitative estimate of drug-likeness (QED) is 0.705. The molecule has 1 heterocycles. The Labute approximate surface area is 107 Å². The molecular weight excluding hydrogens is 212 g/mol. The van der Waals surface area contributed by atoms with E-state index in [1.165, 1.54) is 32.5 Å². The third-order valence-corrected chi connectivity index (χ3v) is 3.12. The molecule has 1 aliphatic rings. The number of nitrogens with one attached hydrogen (secondary N) is 1. The van der Waals surface area contributed by atoms with Gasteiger partial charge in [-0.2, -0.15) is 0 Å². The summed E-state index contributed by atoms with van der Waals surface area (Å²) in [6.07, 6.45) is 3.02. The van der Waals surface area contributed by atoms with Crippen molar-refractivity contribution < 1.29 is 4.74 Å². The van der Waals surface area contributed by atoms with Crippen LogP contribution in [0, 0.1) is 5.92 Å². The summed E-state index contributed by atoms with van der Waals surface area (Å²) in [5.74, 6) is 0.732. The van der Waals surface area contributed by atoms with Crippen LogP contribution in [0.4, 0.5) is 0 Å². The van der Waals surface area contributed by atoms with E-state index in [2.05, 4.69) is 37.9 Å². The lowest BCUT2D eigenvalue weighted by molar-refractivity contribution is 0.0549. The maximum absolute atomic E-state index is 5.66. The third-order valence-electron chi connectivity index (χ3n) is 3.12. The average Bonchev–Trinajstić information content (AvgIpc) is 2.68. The van der Waals surface area contributed by atoms with Gasteiger partial charge in [0.25, 0.3) is 0 Å². The zero-order valence-electron chi connectivity index (χ0n) is 12.0. The molecule has 0 aliphatic carbocycles. The Morgan fingerprint density at radius 1 is 1.29 bits per heavy atom. The molecule has 1 unspecified atom stereocenters. The van der Waals surface area contributed by atoms with Crippen LogP contribution in [0.1, 0.15) is 40.5 Å². The van der Waals surface area contributed by atoms with Gasteiger partial charge in [-0.3, -0.25) is 4.90 Å². The molecule has 0 radical (unpaired) electrons. The van der Waals surface area contributed by atoms with Gasteiger partial charge in [-0.25, -0.2) is 0 Å². The summed E-state index contributed by atoms with van der Waals surface area (Å²) in [6.45, 7) is 14.3. The lowest BCUT2D eigenvalue weighted by Gasteiger charge is -2.27. The van der Waals surface area contributed by atoms with Gasteiger partial charge in [0.15, 0.2) is 0 Å². The van der Waals surface area contributed by atoms with E-state index < -0.39 is 0 Å². The van der Waals surface area contributed by atoms with Crippen molar-refractivity contribution in [3.8, 4) is 0 Å². The Balaban J connectivity index is 2.25. The minimum absolute atomic E-state index is 0.348. The van der Waals surface area contributed by atoms with Crippen LogP contribution >= 0.6 is 0 Å². The van der Waals surface area contributed by atoms with Gasteiger partial charge < -0.3 is 10.1 Å². The molecule has 1 fully saturated rings. The predicted molar refractivity (Wildman–Crippen MR) is 73.4 cm³/mol. The predicted octanol–water partition coefficient (Wildman–Crippen LogP) is 2.12. The molecular formula is C14H30N2O. The van der Waals surface area contributed by atoms with E-state index in [0.29, 0.717) is 12.1 Å². The highest BCUT2D eigenvalue weighted by atomic mass is 16.5. The van der Waals surface area contributed by atoms with Crippen molar-refractivity contribution in [2.45, 2.75) is 52.7 Å². The Kier molecular flexibility index (Phi) is 7.09. The van der Waals surface area contributed by atoms with Crippen LogP contribution in [-0.4, -0.2) is 49.8 Å². The van der Waals surface area contributed by atoms with Crippen LogP contribution in [0.5, 0.6) is 0 Å². The molecule has 0 aromatic rings. The number of hydrogen-bond donors (Lipinski definition) is 1. The van der Waals surface area contributed by atoms with Gasteiger partial charge in [-0.05, 0) is 39.2 Å². The van der Waals surface area contributed by atoms with Crippen molar-refractivity contribution >= 4 is 0 Å². The fourth-order valence-corrected chi connectivity index (χ4v) is 2.42. The largest absolute Gasteiger partial charge is 0.377 e. The zero-order valence-corrected chi connectivity index (χ0v) is 12.0. The molecule has 1 aliphatic heterocycles. The van der Waals surface area contributed by atoms with Crippen molar-refractivity contribution in [3.63, 3.8) is 0 Å². The standard InChI is InChI=1S/C14H30N2O/c1-12(2)10-16(8-9-17-13(3)4)11-14-6-5-7-15-14/h12-15H,5-11H2,1-4H3. The Morgan fingerprint density at radius 3 is 2.59 bits per heavy atom. The van der Waals surface area contributed by atoms with Gasteiger partial charge in [0, 0.05) is 25.7 Å². The van der Waals surface area contributed by atoms with Gasteiger partial charge >= 0.3 is 0 Å². The molecule has 1 N–H and O–H groups in total. The summed E-state index contributed by atoms with van der Waals surface area (Å²) < 4.78 is 5.66. The molecule has 0 amide bonds. The SMILES string of the molecule is CC(C)CN(CCOC(C)C)CC1CCCN1. The van der Waals surface area contributed by atoms with Gasteiger partial charge in [0.2, 0.25) is 0 Å². The molecule has 3 heteroatoms. The number of ether oxygens (including phenoxy) is 1. The van der Waals surface area contributed by atoms with E-state index in [4.69, 9.17) is 4.74 Å². The van der Waals surface area contributed by atoms with Crippen LogP contribution in [0.25, 0.3) is 0 Å². The molecule has 102 valence electrons. The first-order chi connectivity index (χ1) is 8.08. The van der Waals surface area contributed by atoms with Gasteiger partial charge in [0.1, 0.15) is 0 Å². The highest BCUT2D eigenvalue weighted by Gasteiger charge is 2.18. The van der Waals surface area contributed by atoms with Crippen LogP contribution in [0.2, 0.25) is 0 Å². The highest BCUT2D eigenvalue weighted by molar-refractivity contribution is 4.78. The summed E-state index contributed by atoms with van der Waals surface area (Å²) in [6, 6.07) is 0.702. The number of rotatable bonds is 8. The molecule has 0 bridgehead atoms. The highest BCUT2D eigenvalue weighted by Crippen LogP contribution is 2.08. The minimum Gasteiger partial charge on any atom is -0.377 e. The van der Waals surface area contributed by atoms with E-state index in [0.717, 1.165) is 19.1 Å². The summed E-state index contributed by atoms with van der Waals surface area (Å²) in [5.41, 5.74) is 0. The van der Waals surface area contributed by atoms with Gasteiger partial charge in [0.05, 0.1) is 12.7 Å². The van der Waals surface area contributed by atoms with Crippen molar-refractivity contribution in [1.82, 2.24) is 10.2 Å². The third kappa shape index (κ3) is 7.02. The topological polar surface area (TPSA) is 24.5 Å². The van der Waals surface area contributed by atoms with E-state index in [9.17, 15) is 0 Å². The lowest BCUT2D eigenvalue weighted by atomic mass is 10.1. The van der Waals surface area contributed by atoms with Crippen LogP contribution in [0.3, 0.4) is 0 Å². The van der Waals surface area contributed by atoms with E-state index in [1.807, 2.05) is 0 Å². The molecule has 1 saturated heterocycles. The van der Waals surface area contributed by atoms with Gasteiger partial charge in [-0.1, -0.05) is 13.8 Å². The summed E-state index contributed by atoms with van der Waals surface area (Å²) >= 11 is 0. The van der Waals surface area contributed by atoms with Gasteiger partial charge in [-0.15, -0.1) is 0 Å². The molecule has 0 aromatic heterocycles. The number of nitrogens with zero attached hydrogens (tertiary/aromatic N) is 1. The summed E-state index contributed by atoms with van der Waals surface area (Å²) in [4.78, 5) is 2.55. The monoisotopic (exact) mass is 242 g/mol. The Hall–Kier alpha value is -0.120. The van der Waals surface area contributed by atoms with Crippen molar-refractivity contribution in [3.05, 3.63) is 0 Å². The molecule has 0 aromatic carbocycles. The lowest BCUT2D eigenvalue weighted by Crippen LogP contribution is -2.41. The summed E-state index contributed by atoms with van der Waals surface area (Å²) in [5, 5.41) is 3.58. The van der Waals surface area contributed by atoms with Crippen LogP contribution in [-0.2, 0) is 4.74 Å².